The minimum absolute atomic E-state index is 0. The molecule has 0 spiro atoms. The third kappa shape index (κ3) is 6.41. The molecule has 0 aromatic heterocycles. The summed E-state index contributed by atoms with van der Waals surface area (Å²) >= 11 is 0. The molecule has 0 heterocycles. The molecule has 27 heavy (non-hydrogen) atoms. The number of nitrogens with two attached hydrogens (primary N) is 1. The number of alkyl halides is 3. The van der Waals surface area contributed by atoms with E-state index in [0.29, 0.717) is 5.56 Å². The van der Waals surface area contributed by atoms with Crippen LogP contribution in [0.3, 0.4) is 0 Å². The topological polar surface area (TPSA) is 64.3 Å². The van der Waals surface area contributed by atoms with E-state index in [1.807, 2.05) is 0 Å². The zero-order chi connectivity index (χ0) is 19.3. The Hall–Kier alpha value is -2.32. The van der Waals surface area contributed by atoms with Crippen LogP contribution in [0.15, 0.2) is 36.4 Å². The summed E-state index contributed by atoms with van der Waals surface area (Å²) < 4.78 is 57.1. The van der Waals surface area contributed by atoms with Crippen molar-refractivity contribution in [3.8, 4) is 5.75 Å². The van der Waals surface area contributed by atoms with Gasteiger partial charge in [0.05, 0.1) is 12.7 Å². The highest BCUT2D eigenvalue weighted by Crippen LogP contribution is 2.32. The number of hydrogen-bond donors (Lipinski definition) is 2. The molecule has 3 N–H and O–H groups in total. The van der Waals surface area contributed by atoms with Gasteiger partial charge < -0.3 is 15.8 Å². The largest absolute Gasteiger partial charge is 0.494 e. The maximum atomic E-state index is 13.6. The molecular formula is C18H19ClF4N2O2. The number of methoxy groups -OCH3 is 1. The van der Waals surface area contributed by atoms with Crippen LogP contribution in [-0.4, -0.2) is 13.0 Å². The van der Waals surface area contributed by atoms with E-state index in [-0.39, 0.29) is 48.8 Å². The summed E-state index contributed by atoms with van der Waals surface area (Å²) in [5, 5.41) is 2.42. The van der Waals surface area contributed by atoms with Gasteiger partial charge in [0.1, 0.15) is 0 Å². The number of rotatable bonds is 6. The fraction of sp³-hybridized carbons (Fsp3) is 0.278. The Morgan fingerprint density at radius 2 is 1.85 bits per heavy atom. The van der Waals surface area contributed by atoms with Crippen LogP contribution >= 0.6 is 12.4 Å². The van der Waals surface area contributed by atoms with Crippen LogP contribution in [0.1, 0.15) is 23.1 Å². The van der Waals surface area contributed by atoms with E-state index in [9.17, 15) is 22.4 Å². The van der Waals surface area contributed by atoms with E-state index in [0.717, 1.165) is 12.1 Å². The molecule has 4 nitrogen and oxygen atoms in total. The number of anilines is 1. The Morgan fingerprint density at radius 3 is 2.41 bits per heavy atom. The molecule has 2 rings (SSSR count). The van der Waals surface area contributed by atoms with Gasteiger partial charge in [-0.25, -0.2) is 4.39 Å². The minimum Gasteiger partial charge on any atom is -0.494 e. The van der Waals surface area contributed by atoms with Gasteiger partial charge in [-0.3, -0.25) is 4.79 Å². The first-order valence-corrected chi connectivity index (χ1v) is 7.76. The number of carbonyl (C=O) groups is 1. The number of aryl methyl sites for hydroxylation is 1. The van der Waals surface area contributed by atoms with Crippen molar-refractivity contribution in [2.75, 3.05) is 12.4 Å². The Kier molecular flexibility index (Phi) is 8.05. The maximum Gasteiger partial charge on any atom is 0.416 e. The van der Waals surface area contributed by atoms with Crippen molar-refractivity contribution in [3.05, 3.63) is 58.9 Å². The van der Waals surface area contributed by atoms with E-state index in [1.54, 1.807) is 6.07 Å². The highest BCUT2D eigenvalue weighted by atomic mass is 35.5. The summed E-state index contributed by atoms with van der Waals surface area (Å²) in [6.45, 7) is -0.0854. The molecule has 1 amide bonds. The molecule has 2 aromatic rings. The van der Waals surface area contributed by atoms with E-state index < -0.39 is 23.5 Å². The van der Waals surface area contributed by atoms with E-state index >= 15 is 0 Å². The van der Waals surface area contributed by atoms with Gasteiger partial charge >= 0.3 is 6.18 Å². The average molecular weight is 407 g/mol. The standard InChI is InChI=1S/C18H18F4N2O2.ClH/c1-26-16-4-2-11(8-15(16)19)3-5-17(25)24-14-7-12(10-23)6-13(9-14)18(20,21)22;/h2,4,6-9H,3,5,10,23H2,1H3,(H,24,25);1H. The lowest BCUT2D eigenvalue weighted by Crippen LogP contribution is -2.14. The molecule has 0 fully saturated rings. The second-order valence-corrected chi connectivity index (χ2v) is 5.64. The SMILES string of the molecule is COc1ccc(CCC(=O)Nc2cc(CN)cc(C(F)(F)F)c2)cc1F.Cl. The number of ether oxygens (including phenoxy) is 1. The number of hydrogen-bond acceptors (Lipinski definition) is 3. The van der Waals surface area contributed by atoms with Gasteiger partial charge in [-0.05, 0) is 47.9 Å². The lowest BCUT2D eigenvalue weighted by atomic mass is 10.1. The first-order valence-electron chi connectivity index (χ1n) is 7.76. The summed E-state index contributed by atoms with van der Waals surface area (Å²) in [4.78, 5) is 12.0. The summed E-state index contributed by atoms with van der Waals surface area (Å²) in [6.07, 6.45) is -4.32. The van der Waals surface area contributed by atoms with Crippen LogP contribution in [0, 0.1) is 5.82 Å². The van der Waals surface area contributed by atoms with Gasteiger partial charge in [-0.2, -0.15) is 13.2 Å². The van der Waals surface area contributed by atoms with E-state index in [2.05, 4.69) is 5.32 Å². The van der Waals surface area contributed by atoms with Gasteiger partial charge in [-0.1, -0.05) is 6.07 Å². The third-order valence-corrected chi connectivity index (χ3v) is 3.70. The Morgan fingerprint density at radius 1 is 1.15 bits per heavy atom. The van der Waals surface area contributed by atoms with Crippen molar-refractivity contribution >= 4 is 24.0 Å². The minimum atomic E-state index is -4.54. The van der Waals surface area contributed by atoms with Crippen LogP contribution in [0.25, 0.3) is 0 Å². The molecule has 2 aromatic carbocycles. The van der Waals surface area contributed by atoms with E-state index in [4.69, 9.17) is 10.5 Å². The van der Waals surface area contributed by atoms with Crippen molar-refractivity contribution in [1.29, 1.82) is 0 Å². The molecule has 0 aliphatic heterocycles. The number of nitrogens with one attached hydrogen (secondary N) is 1. The Balaban J connectivity index is 0.00000364. The molecule has 0 atom stereocenters. The van der Waals surface area contributed by atoms with Crippen LogP contribution in [0.2, 0.25) is 0 Å². The summed E-state index contributed by atoms with van der Waals surface area (Å²) in [7, 11) is 1.34. The smallest absolute Gasteiger partial charge is 0.416 e. The number of amides is 1. The normalized spacial score (nSPS) is 10.9. The summed E-state index contributed by atoms with van der Waals surface area (Å²) in [6, 6.07) is 7.50. The number of carbonyl (C=O) groups excluding carboxylic acids is 1. The first kappa shape index (κ1) is 22.7. The number of benzene rings is 2. The molecule has 0 unspecified atom stereocenters. The monoisotopic (exact) mass is 406 g/mol. The van der Waals surface area contributed by atoms with Crippen LogP contribution in [0.5, 0.6) is 5.75 Å². The maximum absolute atomic E-state index is 13.6. The fourth-order valence-corrected chi connectivity index (χ4v) is 2.39. The average Bonchev–Trinajstić information content (AvgIpc) is 2.59. The van der Waals surface area contributed by atoms with Crippen molar-refractivity contribution < 1.29 is 27.1 Å². The Bertz CT molecular complexity index is 797. The molecule has 0 saturated carbocycles. The highest BCUT2D eigenvalue weighted by molar-refractivity contribution is 5.91. The third-order valence-electron chi connectivity index (χ3n) is 3.70. The van der Waals surface area contributed by atoms with Crippen LogP contribution < -0.4 is 15.8 Å². The van der Waals surface area contributed by atoms with Gasteiger partial charge in [-0.15, -0.1) is 12.4 Å². The zero-order valence-corrected chi connectivity index (χ0v) is 15.2. The van der Waals surface area contributed by atoms with Gasteiger partial charge in [0.15, 0.2) is 11.6 Å². The molecule has 0 aliphatic rings. The molecule has 0 saturated heterocycles. The van der Waals surface area contributed by atoms with Gasteiger partial charge in [0.25, 0.3) is 0 Å². The predicted octanol–water partition coefficient (Wildman–Crippen LogP) is 4.30. The zero-order valence-electron chi connectivity index (χ0n) is 14.4. The fourth-order valence-electron chi connectivity index (χ4n) is 2.39. The van der Waals surface area contributed by atoms with Gasteiger partial charge in [0.2, 0.25) is 5.91 Å². The highest BCUT2D eigenvalue weighted by Gasteiger charge is 2.31. The van der Waals surface area contributed by atoms with Crippen LogP contribution in [0.4, 0.5) is 23.2 Å². The summed E-state index contributed by atoms with van der Waals surface area (Å²) in [5.41, 5.74) is 5.38. The predicted molar refractivity (Wildman–Crippen MR) is 96.5 cm³/mol. The summed E-state index contributed by atoms with van der Waals surface area (Å²) in [5.74, 6) is -0.934. The van der Waals surface area contributed by atoms with Crippen molar-refractivity contribution in [1.82, 2.24) is 0 Å². The second kappa shape index (κ2) is 9.57. The first-order chi connectivity index (χ1) is 12.2. The molecule has 0 radical (unpaired) electrons. The lowest BCUT2D eigenvalue weighted by Gasteiger charge is -2.12. The van der Waals surface area contributed by atoms with Crippen molar-refractivity contribution in [2.45, 2.75) is 25.6 Å². The van der Waals surface area contributed by atoms with Gasteiger partial charge in [0, 0.05) is 18.7 Å². The van der Waals surface area contributed by atoms with Crippen LogP contribution in [-0.2, 0) is 23.9 Å². The molecule has 0 aliphatic carbocycles. The molecule has 9 heteroatoms. The van der Waals surface area contributed by atoms with Crippen molar-refractivity contribution in [2.24, 2.45) is 5.73 Å². The molecule has 0 bridgehead atoms. The lowest BCUT2D eigenvalue weighted by molar-refractivity contribution is -0.137. The molecule has 148 valence electrons. The van der Waals surface area contributed by atoms with E-state index in [1.165, 1.54) is 25.3 Å². The van der Waals surface area contributed by atoms with Crippen molar-refractivity contribution in [3.63, 3.8) is 0 Å². The number of halogens is 5. The molecular weight excluding hydrogens is 388 g/mol. The quantitative estimate of drug-likeness (QED) is 0.703. The second-order valence-electron chi connectivity index (χ2n) is 5.64. The Labute approximate surface area is 160 Å².